The van der Waals surface area contributed by atoms with Crippen molar-refractivity contribution >= 4 is 17.3 Å². The average molecular weight is 418 g/mol. The van der Waals surface area contributed by atoms with Gasteiger partial charge in [0.2, 0.25) is 0 Å². The molecule has 0 atom stereocenters. The second kappa shape index (κ2) is 11.1. The number of aryl methyl sites for hydroxylation is 1. The van der Waals surface area contributed by atoms with Crippen LogP contribution in [0.1, 0.15) is 16.3 Å². The van der Waals surface area contributed by atoms with Crippen LogP contribution in [0, 0.1) is 6.92 Å². The molecule has 0 bridgehead atoms. The topological polar surface area (TPSA) is 62.2 Å². The number of morpholine rings is 1. The molecule has 7 nitrogen and oxygen atoms in total. The van der Waals surface area contributed by atoms with Crippen molar-refractivity contribution in [3.8, 4) is 5.75 Å². The van der Waals surface area contributed by atoms with Gasteiger partial charge < -0.3 is 19.7 Å². The Balaban J connectivity index is 1.45. The lowest BCUT2D eigenvalue weighted by molar-refractivity contribution is 0.0322. The second-order valence-electron chi connectivity index (χ2n) is 7.06. The highest BCUT2D eigenvalue weighted by molar-refractivity contribution is 7.09. The summed E-state index contributed by atoms with van der Waals surface area (Å²) in [5.41, 5.74) is 2.22. The zero-order chi connectivity index (χ0) is 20.5. The van der Waals surface area contributed by atoms with Gasteiger partial charge in [-0.2, -0.15) is 0 Å². The van der Waals surface area contributed by atoms with E-state index in [0.717, 1.165) is 67.4 Å². The third kappa shape index (κ3) is 6.99. The lowest BCUT2D eigenvalue weighted by atomic mass is 10.2. The van der Waals surface area contributed by atoms with Gasteiger partial charge in [-0.15, -0.1) is 11.3 Å². The van der Waals surface area contributed by atoms with Crippen molar-refractivity contribution in [1.29, 1.82) is 0 Å². The molecule has 0 saturated carbocycles. The van der Waals surface area contributed by atoms with Gasteiger partial charge in [0.15, 0.2) is 5.96 Å². The molecule has 3 rings (SSSR count). The minimum Gasteiger partial charge on any atom is -0.492 e. The van der Waals surface area contributed by atoms with Gasteiger partial charge in [0.25, 0.3) is 0 Å². The number of rotatable bonds is 8. The van der Waals surface area contributed by atoms with Crippen molar-refractivity contribution in [2.45, 2.75) is 20.0 Å². The molecule has 1 aromatic heterocycles. The predicted molar refractivity (Wildman–Crippen MR) is 118 cm³/mol. The summed E-state index contributed by atoms with van der Waals surface area (Å²) in [6, 6.07) is 8.22. The van der Waals surface area contributed by atoms with E-state index in [0.29, 0.717) is 13.2 Å². The molecule has 29 heavy (non-hydrogen) atoms. The molecule has 1 aliphatic rings. The van der Waals surface area contributed by atoms with Crippen LogP contribution in [0.4, 0.5) is 0 Å². The van der Waals surface area contributed by atoms with Crippen LogP contribution in [0.25, 0.3) is 0 Å². The maximum absolute atomic E-state index is 5.95. The van der Waals surface area contributed by atoms with E-state index < -0.39 is 0 Å². The fourth-order valence-corrected chi connectivity index (χ4v) is 3.83. The van der Waals surface area contributed by atoms with Crippen LogP contribution in [0.2, 0.25) is 0 Å². The summed E-state index contributed by atoms with van der Waals surface area (Å²) >= 11 is 1.67. The Morgan fingerprint density at radius 1 is 1.38 bits per heavy atom. The van der Waals surface area contributed by atoms with E-state index >= 15 is 0 Å². The first-order valence-electron chi connectivity index (χ1n) is 9.98. The Morgan fingerprint density at radius 3 is 2.93 bits per heavy atom. The Kier molecular flexibility index (Phi) is 8.27. The van der Waals surface area contributed by atoms with Crippen molar-refractivity contribution in [2.24, 2.45) is 4.99 Å². The first kappa shape index (κ1) is 21.5. The van der Waals surface area contributed by atoms with Gasteiger partial charge in [-0.25, -0.2) is 4.98 Å². The molecule has 0 spiro atoms. The van der Waals surface area contributed by atoms with E-state index in [1.165, 1.54) is 0 Å². The molecule has 1 aliphatic heterocycles. The SMILES string of the molecule is CN=C(NCc1cccc(OCCN2CCOCC2)c1)N(C)Cc1csc(C)n1. The van der Waals surface area contributed by atoms with Crippen LogP contribution in [-0.2, 0) is 17.8 Å². The fraction of sp³-hybridized carbons (Fsp3) is 0.524. The molecule has 0 unspecified atom stereocenters. The smallest absolute Gasteiger partial charge is 0.194 e. The molecule has 1 aromatic carbocycles. The predicted octanol–water partition coefficient (Wildman–Crippen LogP) is 2.37. The summed E-state index contributed by atoms with van der Waals surface area (Å²) in [5, 5.41) is 6.60. The van der Waals surface area contributed by atoms with E-state index in [9.17, 15) is 0 Å². The number of aliphatic imine (C=N–C) groups is 1. The number of guanidine groups is 1. The van der Waals surface area contributed by atoms with E-state index in [1.54, 1.807) is 18.4 Å². The molecule has 158 valence electrons. The van der Waals surface area contributed by atoms with Gasteiger partial charge in [0.1, 0.15) is 12.4 Å². The van der Waals surface area contributed by atoms with Gasteiger partial charge in [0, 0.05) is 45.7 Å². The number of nitrogens with one attached hydrogen (secondary N) is 1. The molecule has 0 aliphatic carbocycles. The molecule has 2 aromatic rings. The molecule has 1 fully saturated rings. The van der Waals surface area contributed by atoms with Gasteiger partial charge in [0.05, 0.1) is 30.5 Å². The zero-order valence-corrected chi connectivity index (χ0v) is 18.4. The number of hydrogen-bond donors (Lipinski definition) is 1. The molecule has 2 heterocycles. The summed E-state index contributed by atoms with van der Waals surface area (Å²) in [6.07, 6.45) is 0. The summed E-state index contributed by atoms with van der Waals surface area (Å²) < 4.78 is 11.3. The van der Waals surface area contributed by atoms with Crippen LogP contribution in [0.15, 0.2) is 34.6 Å². The Hall–Kier alpha value is -2.16. The monoisotopic (exact) mass is 417 g/mol. The minimum absolute atomic E-state index is 0.688. The molecule has 8 heteroatoms. The Morgan fingerprint density at radius 2 is 2.21 bits per heavy atom. The van der Waals surface area contributed by atoms with Crippen molar-refractivity contribution in [3.05, 3.63) is 45.9 Å². The summed E-state index contributed by atoms with van der Waals surface area (Å²) in [4.78, 5) is 13.4. The molecule has 0 amide bonds. The number of ether oxygens (including phenoxy) is 2. The highest BCUT2D eigenvalue weighted by Crippen LogP contribution is 2.14. The fourth-order valence-electron chi connectivity index (χ4n) is 3.23. The maximum Gasteiger partial charge on any atom is 0.194 e. The van der Waals surface area contributed by atoms with E-state index in [2.05, 4.69) is 42.6 Å². The number of benzene rings is 1. The number of aromatic nitrogens is 1. The standard InChI is InChI=1S/C21H31N5O2S/c1-17-24-19(16-29-17)15-25(3)21(22-2)23-14-18-5-4-6-20(13-18)28-12-9-26-7-10-27-11-8-26/h4-6,13,16H,7-12,14-15H2,1-3H3,(H,22,23). The summed E-state index contributed by atoms with van der Waals surface area (Å²) in [6.45, 7) is 8.67. The highest BCUT2D eigenvalue weighted by Gasteiger charge is 2.11. The highest BCUT2D eigenvalue weighted by atomic mass is 32.1. The van der Waals surface area contributed by atoms with Gasteiger partial charge in [-0.05, 0) is 24.6 Å². The Labute approximate surface area is 177 Å². The molecule has 1 N–H and O–H groups in total. The lowest BCUT2D eigenvalue weighted by Crippen LogP contribution is -2.38. The minimum atomic E-state index is 0.688. The number of thiazole rings is 1. The van der Waals surface area contributed by atoms with Gasteiger partial charge in [-0.3, -0.25) is 9.89 Å². The van der Waals surface area contributed by atoms with Crippen LogP contribution in [-0.4, -0.2) is 74.3 Å². The lowest BCUT2D eigenvalue weighted by Gasteiger charge is -2.26. The summed E-state index contributed by atoms with van der Waals surface area (Å²) in [7, 11) is 3.82. The van der Waals surface area contributed by atoms with Crippen LogP contribution >= 0.6 is 11.3 Å². The Bertz CT molecular complexity index is 789. The molecular weight excluding hydrogens is 386 g/mol. The van der Waals surface area contributed by atoms with E-state index in [4.69, 9.17) is 9.47 Å². The van der Waals surface area contributed by atoms with Crippen LogP contribution in [0.5, 0.6) is 5.75 Å². The molecule has 1 saturated heterocycles. The first-order chi connectivity index (χ1) is 14.1. The van der Waals surface area contributed by atoms with Crippen molar-refractivity contribution in [3.63, 3.8) is 0 Å². The van der Waals surface area contributed by atoms with Crippen LogP contribution in [0.3, 0.4) is 0 Å². The van der Waals surface area contributed by atoms with Crippen molar-refractivity contribution < 1.29 is 9.47 Å². The van der Waals surface area contributed by atoms with Gasteiger partial charge >= 0.3 is 0 Å². The van der Waals surface area contributed by atoms with E-state index in [-0.39, 0.29) is 0 Å². The third-order valence-corrected chi connectivity index (χ3v) is 5.59. The molecule has 0 radical (unpaired) electrons. The van der Waals surface area contributed by atoms with Crippen molar-refractivity contribution in [1.82, 2.24) is 20.1 Å². The average Bonchev–Trinajstić information content (AvgIpc) is 3.14. The summed E-state index contributed by atoms with van der Waals surface area (Å²) in [5.74, 6) is 1.74. The van der Waals surface area contributed by atoms with Crippen molar-refractivity contribution in [2.75, 3.05) is 53.6 Å². The zero-order valence-electron chi connectivity index (χ0n) is 17.6. The van der Waals surface area contributed by atoms with E-state index in [1.807, 2.05) is 26.1 Å². The van der Waals surface area contributed by atoms with Gasteiger partial charge in [-0.1, -0.05) is 12.1 Å². The van der Waals surface area contributed by atoms with Crippen LogP contribution < -0.4 is 10.1 Å². The molecular formula is C21H31N5O2S. The second-order valence-corrected chi connectivity index (χ2v) is 8.13. The third-order valence-electron chi connectivity index (χ3n) is 4.77. The quantitative estimate of drug-likeness (QED) is 0.526. The first-order valence-corrected chi connectivity index (χ1v) is 10.9. The maximum atomic E-state index is 5.95. The normalized spacial score (nSPS) is 15.3. The largest absolute Gasteiger partial charge is 0.492 e. The number of nitrogens with zero attached hydrogens (tertiary/aromatic N) is 4. The number of hydrogen-bond acceptors (Lipinski definition) is 6.